The van der Waals surface area contributed by atoms with E-state index in [1.165, 1.54) is 18.8 Å². The van der Waals surface area contributed by atoms with Gasteiger partial charge in [-0.1, -0.05) is 30.0 Å². The number of carbonyl (C=O) groups is 2. The molecule has 1 amide bonds. The molecule has 0 saturated carbocycles. The molecule has 0 radical (unpaired) electrons. The quantitative estimate of drug-likeness (QED) is 0.676. The molecule has 0 saturated heterocycles. The van der Waals surface area contributed by atoms with Gasteiger partial charge in [0.25, 0.3) is 0 Å². The van der Waals surface area contributed by atoms with Crippen molar-refractivity contribution in [1.82, 2.24) is 10.3 Å². The van der Waals surface area contributed by atoms with Crippen LogP contribution >= 0.6 is 11.8 Å². The van der Waals surface area contributed by atoms with Gasteiger partial charge in [-0.3, -0.25) is 9.59 Å². The normalized spacial score (nSPS) is 11.3. The molecule has 0 bridgehead atoms. The number of ketones is 1. The first-order valence-electron chi connectivity index (χ1n) is 6.50. The molecule has 2 rings (SSSR count). The smallest absolute Gasteiger partial charge is 0.245 e. The summed E-state index contributed by atoms with van der Waals surface area (Å²) in [6, 6.07) is 14.1. The number of benzene rings is 1. The first-order chi connectivity index (χ1) is 10.7. The standard InChI is InChI=1S/C16H13N3O2S/c1-18-16(21)13(10-17)15(20)11-5-7-12(8-6-11)22-14-4-2-3-9-19-14/h2-9,13H,1H3,(H,18,21). The van der Waals surface area contributed by atoms with E-state index in [0.717, 1.165) is 9.92 Å². The monoisotopic (exact) mass is 311 g/mol. The van der Waals surface area contributed by atoms with Gasteiger partial charge in [-0.05, 0) is 24.3 Å². The molecular formula is C16H13N3O2S. The number of nitrogens with zero attached hydrogens (tertiary/aromatic N) is 2. The van der Waals surface area contributed by atoms with Gasteiger partial charge in [-0.15, -0.1) is 0 Å². The number of hydrogen-bond acceptors (Lipinski definition) is 5. The van der Waals surface area contributed by atoms with Gasteiger partial charge in [0.2, 0.25) is 5.91 Å². The summed E-state index contributed by atoms with van der Waals surface area (Å²) < 4.78 is 0. The molecule has 1 unspecified atom stereocenters. The third-order valence-corrected chi connectivity index (χ3v) is 3.86. The van der Waals surface area contributed by atoms with E-state index in [9.17, 15) is 9.59 Å². The van der Waals surface area contributed by atoms with Crippen LogP contribution in [0.4, 0.5) is 0 Å². The summed E-state index contributed by atoms with van der Waals surface area (Å²) in [4.78, 5) is 28.8. The van der Waals surface area contributed by atoms with Crippen LogP contribution in [0, 0.1) is 17.2 Å². The van der Waals surface area contributed by atoms with Crippen molar-refractivity contribution in [2.45, 2.75) is 9.92 Å². The van der Waals surface area contributed by atoms with E-state index in [2.05, 4.69) is 10.3 Å². The summed E-state index contributed by atoms with van der Waals surface area (Å²) in [6.07, 6.45) is 1.71. The van der Waals surface area contributed by atoms with Crippen LogP contribution < -0.4 is 5.32 Å². The van der Waals surface area contributed by atoms with Gasteiger partial charge in [0, 0.05) is 23.7 Å². The predicted octanol–water partition coefficient (Wildman–Crippen LogP) is 2.30. The second kappa shape index (κ2) is 7.38. The Bertz CT molecular complexity index is 708. The van der Waals surface area contributed by atoms with Crippen molar-refractivity contribution in [3.05, 3.63) is 54.2 Å². The number of pyridine rings is 1. The summed E-state index contributed by atoms with van der Waals surface area (Å²) in [5.74, 6) is -2.42. The number of nitriles is 1. The van der Waals surface area contributed by atoms with Crippen molar-refractivity contribution in [1.29, 1.82) is 5.26 Å². The average Bonchev–Trinajstić information content (AvgIpc) is 2.56. The number of rotatable bonds is 5. The zero-order valence-electron chi connectivity index (χ0n) is 11.8. The highest BCUT2D eigenvalue weighted by molar-refractivity contribution is 7.99. The Morgan fingerprint density at radius 3 is 2.50 bits per heavy atom. The van der Waals surface area contributed by atoms with E-state index in [1.54, 1.807) is 36.5 Å². The summed E-state index contributed by atoms with van der Waals surface area (Å²) in [5.41, 5.74) is 0.334. The highest BCUT2D eigenvalue weighted by atomic mass is 32.2. The van der Waals surface area contributed by atoms with Crippen molar-refractivity contribution >= 4 is 23.5 Å². The molecule has 1 atom stereocenters. The molecule has 0 fully saturated rings. The Morgan fingerprint density at radius 1 is 1.23 bits per heavy atom. The van der Waals surface area contributed by atoms with Crippen molar-refractivity contribution in [3.63, 3.8) is 0 Å². The van der Waals surface area contributed by atoms with Gasteiger partial charge >= 0.3 is 0 Å². The molecule has 1 N–H and O–H groups in total. The van der Waals surface area contributed by atoms with Crippen LogP contribution in [0.5, 0.6) is 0 Å². The lowest BCUT2D eigenvalue weighted by molar-refractivity contribution is -0.121. The Hall–Kier alpha value is -2.65. The number of nitrogens with one attached hydrogen (secondary N) is 1. The minimum absolute atomic E-state index is 0.334. The highest BCUT2D eigenvalue weighted by Gasteiger charge is 2.26. The fourth-order valence-corrected chi connectivity index (χ4v) is 2.54. The Labute approximate surface area is 132 Å². The number of hydrogen-bond donors (Lipinski definition) is 1. The molecule has 1 heterocycles. The molecule has 1 aromatic carbocycles. The fourth-order valence-electron chi connectivity index (χ4n) is 1.76. The van der Waals surface area contributed by atoms with E-state index in [-0.39, 0.29) is 0 Å². The average molecular weight is 311 g/mol. The molecule has 6 heteroatoms. The van der Waals surface area contributed by atoms with E-state index in [0.29, 0.717) is 5.56 Å². The van der Waals surface area contributed by atoms with E-state index >= 15 is 0 Å². The second-order valence-corrected chi connectivity index (χ2v) is 5.43. The third-order valence-electron chi connectivity index (χ3n) is 2.90. The molecule has 0 aliphatic heterocycles. The molecule has 0 spiro atoms. The highest BCUT2D eigenvalue weighted by Crippen LogP contribution is 2.26. The van der Waals surface area contributed by atoms with Crippen molar-refractivity contribution < 1.29 is 9.59 Å². The van der Waals surface area contributed by atoms with Crippen molar-refractivity contribution in [2.24, 2.45) is 5.92 Å². The summed E-state index contributed by atoms with van der Waals surface area (Å²) >= 11 is 1.47. The molecule has 5 nitrogen and oxygen atoms in total. The maximum atomic E-state index is 12.1. The summed E-state index contributed by atoms with van der Waals surface area (Å²) in [6.45, 7) is 0. The second-order valence-electron chi connectivity index (χ2n) is 4.34. The minimum atomic E-state index is -1.32. The van der Waals surface area contributed by atoms with Gasteiger partial charge < -0.3 is 5.32 Å². The number of amides is 1. The van der Waals surface area contributed by atoms with Crippen LogP contribution in [0.25, 0.3) is 0 Å². The predicted molar refractivity (Wildman–Crippen MR) is 82.3 cm³/mol. The van der Waals surface area contributed by atoms with E-state index < -0.39 is 17.6 Å². The van der Waals surface area contributed by atoms with Crippen LogP contribution in [0.15, 0.2) is 58.6 Å². The SMILES string of the molecule is CNC(=O)C(C#N)C(=O)c1ccc(Sc2ccccn2)cc1. The minimum Gasteiger partial charge on any atom is -0.358 e. The number of Topliss-reactive ketones (excluding diaryl/α,β-unsaturated/α-hetero) is 1. The largest absolute Gasteiger partial charge is 0.358 e. The van der Waals surface area contributed by atoms with E-state index in [4.69, 9.17) is 5.26 Å². The van der Waals surface area contributed by atoms with Gasteiger partial charge in [-0.25, -0.2) is 4.98 Å². The molecule has 1 aromatic heterocycles. The zero-order chi connectivity index (χ0) is 15.9. The molecule has 2 aromatic rings. The van der Waals surface area contributed by atoms with Crippen LogP contribution in [0.3, 0.4) is 0 Å². The van der Waals surface area contributed by atoms with Gasteiger partial charge in [-0.2, -0.15) is 5.26 Å². The number of carbonyl (C=O) groups excluding carboxylic acids is 2. The lowest BCUT2D eigenvalue weighted by Crippen LogP contribution is -2.32. The third kappa shape index (κ3) is 3.71. The fraction of sp³-hybridized carbons (Fsp3) is 0.125. The van der Waals surface area contributed by atoms with Crippen LogP contribution in [0.1, 0.15) is 10.4 Å². The molecule has 0 aliphatic carbocycles. The Balaban J connectivity index is 2.13. The van der Waals surface area contributed by atoms with Crippen LogP contribution in [-0.2, 0) is 4.79 Å². The zero-order valence-corrected chi connectivity index (χ0v) is 12.6. The Morgan fingerprint density at radius 2 is 1.95 bits per heavy atom. The molecule has 0 aliphatic rings. The lowest BCUT2D eigenvalue weighted by atomic mass is 9.98. The Kier molecular flexibility index (Phi) is 5.28. The van der Waals surface area contributed by atoms with Gasteiger partial charge in [0.1, 0.15) is 5.03 Å². The molecule has 22 heavy (non-hydrogen) atoms. The molecule has 110 valence electrons. The topological polar surface area (TPSA) is 82.9 Å². The maximum absolute atomic E-state index is 12.1. The van der Waals surface area contributed by atoms with Crippen LogP contribution in [0.2, 0.25) is 0 Å². The van der Waals surface area contributed by atoms with E-state index in [1.807, 2.05) is 18.2 Å². The van der Waals surface area contributed by atoms with Gasteiger partial charge in [0.15, 0.2) is 11.7 Å². The summed E-state index contributed by atoms with van der Waals surface area (Å²) in [5, 5.41) is 12.1. The lowest BCUT2D eigenvalue weighted by Gasteiger charge is -2.07. The molecular weight excluding hydrogens is 298 g/mol. The first kappa shape index (κ1) is 15.7. The van der Waals surface area contributed by atoms with Gasteiger partial charge in [0.05, 0.1) is 6.07 Å². The first-order valence-corrected chi connectivity index (χ1v) is 7.31. The number of aromatic nitrogens is 1. The summed E-state index contributed by atoms with van der Waals surface area (Å²) in [7, 11) is 1.40. The van der Waals surface area contributed by atoms with Crippen molar-refractivity contribution in [3.8, 4) is 6.07 Å². The van der Waals surface area contributed by atoms with Crippen molar-refractivity contribution in [2.75, 3.05) is 7.05 Å². The maximum Gasteiger partial charge on any atom is 0.245 e. The van der Waals surface area contributed by atoms with Crippen LogP contribution in [-0.4, -0.2) is 23.7 Å².